The largest absolute Gasteiger partial charge is 0.172 e. The Labute approximate surface area is 206 Å². The first-order valence-electron chi connectivity index (χ1n) is 12.2. The van der Waals surface area contributed by atoms with E-state index in [1.807, 2.05) is 0 Å². The molecule has 33 heavy (non-hydrogen) atoms. The van der Waals surface area contributed by atoms with E-state index in [4.69, 9.17) is 0 Å². The molecule has 0 saturated heterocycles. The van der Waals surface area contributed by atoms with Crippen LogP contribution in [0.5, 0.6) is 0 Å². The van der Waals surface area contributed by atoms with Crippen LogP contribution in [0.4, 0.5) is 0 Å². The topological polar surface area (TPSA) is 0 Å². The number of aryl methyl sites for hydroxylation is 2. The van der Waals surface area contributed by atoms with Crippen molar-refractivity contribution in [1.82, 2.24) is 0 Å². The fourth-order valence-electron chi connectivity index (χ4n) is 4.26. The maximum Gasteiger partial charge on any atom is 0.172 e. The fraction of sp³-hybridized carbons (Fsp3) is 0.438. The van der Waals surface area contributed by atoms with Crippen molar-refractivity contribution in [2.24, 2.45) is 0 Å². The zero-order valence-corrected chi connectivity index (χ0v) is 23.5. The smallest absolute Gasteiger partial charge is 0.0561 e. The highest BCUT2D eigenvalue weighted by Gasteiger charge is 2.34. The molecular formula is C32H43S+. The van der Waals surface area contributed by atoms with E-state index in [2.05, 4.69) is 137 Å². The molecule has 0 unspecified atom stereocenters. The second kappa shape index (κ2) is 8.99. The van der Waals surface area contributed by atoms with E-state index < -0.39 is 0 Å². The standard InChI is InChI=1S/C32H43S/c1-22-20-26(32(9,10)11)21-23(2)29(22)33(27-16-12-24(13-17-27)30(3,4)5)28-18-14-25(15-19-28)31(6,7)8/h12-21H,1-11H3/q+1. The van der Waals surface area contributed by atoms with Gasteiger partial charge in [0, 0.05) is 11.1 Å². The molecule has 0 fully saturated rings. The van der Waals surface area contributed by atoms with Gasteiger partial charge in [0.1, 0.15) is 0 Å². The Kier molecular flexibility index (Phi) is 6.98. The average Bonchev–Trinajstić information content (AvgIpc) is 2.69. The average molecular weight is 460 g/mol. The Hall–Kier alpha value is -1.99. The second-order valence-corrected chi connectivity index (χ2v) is 14.5. The van der Waals surface area contributed by atoms with Gasteiger partial charge in [0.05, 0.1) is 10.9 Å². The van der Waals surface area contributed by atoms with E-state index >= 15 is 0 Å². The van der Waals surface area contributed by atoms with Gasteiger partial charge in [0.25, 0.3) is 0 Å². The van der Waals surface area contributed by atoms with Gasteiger partial charge in [-0.2, -0.15) is 0 Å². The van der Waals surface area contributed by atoms with Crippen molar-refractivity contribution in [3.05, 3.63) is 88.5 Å². The highest BCUT2D eigenvalue weighted by molar-refractivity contribution is 7.97. The number of hydrogen-bond donors (Lipinski definition) is 0. The van der Waals surface area contributed by atoms with Gasteiger partial charge in [-0.1, -0.05) is 98.7 Å². The Morgan fingerprint density at radius 1 is 0.455 bits per heavy atom. The molecule has 0 spiro atoms. The predicted octanol–water partition coefficient (Wildman–Crippen LogP) is 9.29. The van der Waals surface area contributed by atoms with Crippen LogP contribution in [0.25, 0.3) is 0 Å². The third-order valence-corrected chi connectivity index (χ3v) is 8.98. The van der Waals surface area contributed by atoms with Crippen molar-refractivity contribution in [1.29, 1.82) is 0 Å². The van der Waals surface area contributed by atoms with Crippen molar-refractivity contribution in [3.8, 4) is 0 Å². The van der Waals surface area contributed by atoms with E-state index in [0.29, 0.717) is 0 Å². The molecule has 3 aromatic carbocycles. The van der Waals surface area contributed by atoms with Crippen LogP contribution in [0.3, 0.4) is 0 Å². The highest BCUT2D eigenvalue weighted by atomic mass is 32.2. The van der Waals surface area contributed by atoms with Gasteiger partial charge in [-0.15, -0.1) is 0 Å². The van der Waals surface area contributed by atoms with Gasteiger partial charge in [-0.25, -0.2) is 0 Å². The molecule has 0 heterocycles. The summed E-state index contributed by atoms with van der Waals surface area (Å²) in [6, 6.07) is 23.6. The van der Waals surface area contributed by atoms with Gasteiger partial charge in [0.15, 0.2) is 14.7 Å². The molecule has 0 nitrogen and oxygen atoms in total. The van der Waals surface area contributed by atoms with Gasteiger partial charge >= 0.3 is 0 Å². The Morgan fingerprint density at radius 3 is 1.03 bits per heavy atom. The van der Waals surface area contributed by atoms with E-state index in [1.54, 1.807) is 0 Å². The minimum atomic E-state index is -0.143. The van der Waals surface area contributed by atoms with Gasteiger partial charge in [-0.05, 0) is 71.0 Å². The molecule has 3 rings (SSSR count). The minimum absolute atomic E-state index is 0.143. The molecule has 0 aromatic heterocycles. The molecule has 0 N–H and O–H groups in total. The summed E-state index contributed by atoms with van der Waals surface area (Å²) in [4.78, 5) is 4.25. The molecule has 1 heteroatoms. The van der Waals surface area contributed by atoms with Gasteiger partial charge in [-0.3, -0.25) is 0 Å². The lowest BCUT2D eigenvalue weighted by Crippen LogP contribution is -2.16. The molecule has 0 aliphatic rings. The van der Waals surface area contributed by atoms with Crippen LogP contribution in [0.15, 0.2) is 75.4 Å². The van der Waals surface area contributed by atoms with E-state index in [-0.39, 0.29) is 27.1 Å². The van der Waals surface area contributed by atoms with Crippen molar-refractivity contribution >= 4 is 10.9 Å². The van der Waals surface area contributed by atoms with Crippen LogP contribution in [-0.4, -0.2) is 0 Å². The van der Waals surface area contributed by atoms with Crippen molar-refractivity contribution in [3.63, 3.8) is 0 Å². The summed E-state index contributed by atoms with van der Waals surface area (Å²) in [5.41, 5.74) is 7.43. The molecule has 0 aliphatic heterocycles. The first-order valence-corrected chi connectivity index (χ1v) is 13.4. The molecule has 0 saturated carbocycles. The highest BCUT2D eigenvalue weighted by Crippen LogP contribution is 2.39. The van der Waals surface area contributed by atoms with Crippen molar-refractivity contribution in [2.45, 2.75) is 107 Å². The van der Waals surface area contributed by atoms with E-state index in [0.717, 1.165) is 0 Å². The second-order valence-electron chi connectivity index (χ2n) is 12.5. The monoisotopic (exact) mass is 459 g/mol. The third-order valence-electron chi connectivity index (χ3n) is 6.44. The summed E-state index contributed by atoms with van der Waals surface area (Å²) in [6.07, 6.45) is 0. The quantitative estimate of drug-likeness (QED) is 0.342. The summed E-state index contributed by atoms with van der Waals surface area (Å²) in [6.45, 7) is 25.2. The van der Waals surface area contributed by atoms with Crippen molar-refractivity contribution in [2.75, 3.05) is 0 Å². The predicted molar refractivity (Wildman–Crippen MR) is 147 cm³/mol. The van der Waals surface area contributed by atoms with Gasteiger partial charge in [0.2, 0.25) is 0 Å². The summed E-state index contributed by atoms with van der Waals surface area (Å²) in [5.74, 6) is 0. The first-order chi connectivity index (χ1) is 15.1. The molecule has 0 bridgehead atoms. The lowest BCUT2D eigenvalue weighted by Gasteiger charge is -2.23. The van der Waals surface area contributed by atoms with E-state index in [1.165, 1.54) is 42.5 Å². The molecule has 3 aromatic rings. The zero-order valence-electron chi connectivity index (χ0n) is 22.7. The SMILES string of the molecule is Cc1cc(C(C)(C)C)cc(C)c1[S+](c1ccc(C(C)(C)C)cc1)c1ccc(C(C)(C)C)cc1. The van der Waals surface area contributed by atoms with Crippen molar-refractivity contribution < 1.29 is 0 Å². The number of hydrogen-bond acceptors (Lipinski definition) is 0. The molecule has 0 aliphatic carbocycles. The summed E-state index contributed by atoms with van der Waals surface area (Å²) < 4.78 is 0. The molecule has 0 amide bonds. The van der Waals surface area contributed by atoms with Crippen LogP contribution < -0.4 is 0 Å². The minimum Gasteiger partial charge on any atom is -0.0561 e. The summed E-state index contributed by atoms with van der Waals surface area (Å²) >= 11 is 0. The maximum absolute atomic E-state index is 2.41. The van der Waals surface area contributed by atoms with E-state index in [9.17, 15) is 0 Å². The molecular weight excluding hydrogens is 416 g/mol. The van der Waals surface area contributed by atoms with Crippen LogP contribution in [0.2, 0.25) is 0 Å². The van der Waals surface area contributed by atoms with Gasteiger partial charge < -0.3 is 0 Å². The first kappa shape index (κ1) is 25.6. The lowest BCUT2D eigenvalue weighted by atomic mass is 9.85. The normalized spacial score (nSPS) is 13.0. The number of rotatable bonds is 3. The molecule has 0 radical (unpaired) electrons. The fourth-order valence-corrected chi connectivity index (χ4v) is 6.58. The Bertz CT molecular complexity index is 1020. The third kappa shape index (κ3) is 5.75. The number of benzene rings is 3. The van der Waals surface area contributed by atoms with Crippen LogP contribution in [-0.2, 0) is 27.1 Å². The van der Waals surface area contributed by atoms with Crippen LogP contribution in [0, 0.1) is 13.8 Å². The maximum atomic E-state index is 2.41. The summed E-state index contributed by atoms with van der Waals surface area (Å²) in [5, 5.41) is 0. The Balaban J connectivity index is 2.20. The summed E-state index contributed by atoms with van der Waals surface area (Å²) in [7, 11) is -0.143. The van der Waals surface area contributed by atoms with Crippen LogP contribution >= 0.6 is 0 Å². The zero-order chi connectivity index (χ0) is 24.8. The lowest BCUT2D eigenvalue weighted by molar-refractivity contribution is 0.588. The van der Waals surface area contributed by atoms with Crippen LogP contribution in [0.1, 0.15) is 90.1 Å². The molecule has 0 atom stereocenters. The molecule has 176 valence electrons. The Morgan fingerprint density at radius 2 is 0.758 bits per heavy atom.